The number of aryl methyl sites for hydroxylation is 1. The second-order valence-corrected chi connectivity index (χ2v) is 6.35. The minimum Gasteiger partial charge on any atom is -0.480 e. The fourth-order valence-electron chi connectivity index (χ4n) is 3.09. The van der Waals surface area contributed by atoms with Crippen molar-refractivity contribution < 1.29 is 24.6 Å². The molecule has 0 aliphatic carbocycles. The second kappa shape index (κ2) is 8.62. The van der Waals surface area contributed by atoms with Crippen LogP contribution in [0, 0.1) is 0 Å². The van der Waals surface area contributed by atoms with E-state index in [2.05, 4.69) is 5.32 Å². The molecule has 0 aromatic heterocycles. The summed E-state index contributed by atoms with van der Waals surface area (Å²) in [5.74, 6) is -1.94. The molecule has 7 nitrogen and oxygen atoms in total. The molecule has 0 unspecified atom stereocenters. The van der Waals surface area contributed by atoms with Crippen molar-refractivity contribution in [2.45, 2.75) is 50.8 Å². The van der Waals surface area contributed by atoms with E-state index >= 15 is 0 Å². The summed E-state index contributed by atoms with van der Waals surface area (Å²) in [5, 5.41) is 21.5. The van der Waals surface area contributed by atoms with Gasteiger partial charge in [0, 0.05) is 19.9 Å². The lowest BCUT2D eigenvalue weighted by atomic mass is 10.0. The van der Waals surface area contributed by atoms with Crippen molar-refractivity contribution >= 4 is 17.8 Å². The van der Waals surface area contributed by atoms with Crippen LogP contribution >= 0.6 is 0 Å². The quantitative estimate of drug-likeness (QED) is 0.667. The molecule has 3 N–H and O–H groups in total. The number of aliphatic hydroxyl groups is 1. The van der Waals surface area contributed by atoms with Gasteiger partial charge in [-0.05, 0) is 24.8 Å². The molecular weight excluding hydrogens is 324 g/mol. The molecule has 1 aromatic carbocycles. The van der Waals surface area contributed by atoms with E-state index in [1.54, 1.807) is 0 Å². The Morgan fingerprint density at radius 1 is 1.28 bits per heavy atom. The van der Waals surface area contributed by atoms with Crippen LogP contribution in [0.25, 0.3) is 0 Å². The third-order valence-corrected chi connectivity index (χ3v) is 4.40. The van der Waals surface area contributed by atoms with Gasteiger partial charge < -0.3 is 20.4 Å². The van der Waals surface area contributed by atoms with Crippen LogP contribution in [0.3, 0.4) is 0 Å². The summed E-state index contributed by atoms with van der Waals surface area (Å²) >= 11 is 0. The average Bonchev–Trinajstić information content (AvgIpc) is 2.97. The molecule has 0 spiro atoms. The highest BCUT2D eigenvalue weighted by Gasteiger charge is 2.38. The molecule has 1 aliphatic rings. The second-order valence-electron chi connectivity index (χ2n) is 6.35. The van der Waals surface area contributed by atoms with E-state index in [9.17, 15) is 24.6 Å². The third-order valence-electron chi connectivity index (χ3n) is 4.40. The van der Waals surface area contributed by atoms with E-state index in [4.69, 9.17) is 0 Å². The number of carboxylic acid groups (broad SMARTS) is 1. The van der Waals surface area contributed by atoms with Gasteiger partial charge in [0.1, 0.15) is 12.1 Å². The first-order valence-corrected chi connectivity index (χ1v) is 8.41. The van der Waals surface area contributed by atoms with E-state index < -0.39 is 30.1 Å². The molecule has 0 radical (unpaired) electrons. The zero-order valence-electron chi connectivity index (χ0n) is 14.2. The molecule has 0 bridgehead atoms. The number of carbonyl (C=O) groups is 3. The fraction of sp³-hybridized carbons (Fsp3) is 0.500. The maximum atomic E-state index is 12.4. The minimum atomic E-state index is -1.10. The van der Waals surface area contributed by atoms with Crippen LogP contribution in [0.15, 0.2) is 30.3 Å². The minimum absolute atomic E-state index is 0.0964. The van der Waals surface area contributed by atoms with Crippen molar-refractivity contribution in [2.75, 3.05) is 6.54 Å². The Hall–Kier alpha value is -2.41. The van der Waals surface area contributed by atoms with Gasteiger partial charge in [0.25, 0.3) is 0 Å². The number of amides is 2. The first-order chi connectivity index (χ1) is 11.9. The number of β-amino-alcohol motifs (C(OH)–C–C–N with tert-alkyl or cyclic N) is 1. The van der Waals surface area contributed by atoms with Crippen molar-refractivity contribution in [3.8, 4) is 0 Å². The number of hydrogen-bond donors (Lipinski definition) is 3. The SMILES string of the molecule is CC(=O)N1C[C@H](O)C[C@H]1C(=O)N[C@H](CCCc1ccccc1)C(=O)O. The maximum absolute atomic E-state index is 12.4. The Balaban J connectivity index is 1.90. The van der Waals surface area contributed by atoms with E-state index in [0.717, 1.165) is 12.0 Å². The molecule has 136 valence electrons. The third kappa shape index (κ3) is 5.29. The van der Waals surface area contributed by atoms with Crippen LogP contribution in [-0.4, -0.2) is 57.6 Å². The number of aliphatic carboxylic acids is 1. The zero-order chi connectivity index (χ0) is 18.4. The van der Waals surface area contributed by atoms with Gasteiger partial charge in [-0.3, -0.25) is 9.59 Å². The number of aliphatic hydroxyl groups excluding tert-OH is 1. The largest absolute Gasteiger partial charge is 0.480 e. The summed E-state index contributed by atoms with van der Waals surface area (Å²) in [6, 6.07) is 7.88. The highest BCUT2D eigenvalue weighted by molar-refractivity contribution is 5.90. The Morgan fingerprint density at radius 2 is 1.96 bits per heavy atom. The number of nitrogens with zero attached hydrogens (tertiary/aromatic N) is 1. The van der Waals surface area contributed by atoms with Crippen LogP contribution in [0.1, 0.15) is 31.7 Å². The predicted molar refractivity (Wildman–Crippen MR) is 90.7 cm³/mol. The molecule has 7 heteroatoms. The van der Waals surface area contributed by atoms with E-state index in [0.29, 0.717) is 12.8 Å². The monoisotopic (exact) mass is 348 g/mol. The number of rotatable bonds is 7. The van der Waals surface area contributed by atoms with Crippen LogP contribution in [0.2, 0.25) is 0 Å². The summed E-state index contributed by atoms with van der Waals surface area (Å²) in [6.45, 7) is 1.42. The number of benzene rings is 1. The molecule has 1 aromatic rings. The molecule has 2 rings (SSSR count). The van der Waals surface area contributed by atoms with Gasteiger partial charge in [-0.25, -0.2) is 4.79 Å². The van der Waals surface area contributed by atoms with E-state index in [1.165, 1.54) is 11.8 Å². The first kappa shape index (κ1) is 18.9. The molecule has 25 heavy (non-hydrogen) atoms. The average molecular weight is 348 g/mol. The van der Waals surface area contributed by atoms with Crippen molar-refractivity contribution in [1.29, 1.82) is 0 Å². The number of nitrogens with one attached hydrogen (secondary N) is 1. The summed E-state index contributed by atoms with van der Waals surface area (Å²) in [5.41, 5.74) is 1.11. The highest BCUT2D eigenvalue weighted by atomic mass is 16.4. The van der Waals surface area contributed by atoms with Crippen LogP contribution < -0.4 is 5.32 Å². The topological polar surface area (TPSA) is 107 Å². The Kier molecular flexibility index (Phi) is 6.52. The van der Waals surface area contributed by atoms with Gasteiger partial charge in [-0.15, -0.1) is 0 Å². The number of carbonyl (C=O) groups excluding carboxylic acids is 2. The van der Waals surface area contributed by atoms with Crippen molar-refractivity contribution in [3.63, 3.8) is 0 Å². The predicted octanol–water partition coefficient (Wildman–Crippen LogP) is 0.560. The normalized spacial score (nSPS) is 21.0. The van der Waals surface area contributed by atoms with Crippen LogP contribution in [0.4, 0.5) is 0 Å². The van der Waals surface area contributed by atoms with Gasteiger partial charge in [0.2, 0.25) is 11.8 Å². The molecule has 0 saturated carbocycles. The van der Waals surface area contributed by atoms with Gasteiger partial charge in [0.05, 0.1) is 6.10 Å². The lowest BCUT2D eigenvalue weighted by Gasteiger charge is -2.24. The van der Waals surface area contributed by atoms with Gasteiger partial charge >= 0.3 is 5.97 Å². The molecule has 1 aliphatic heterocycles. The molecule has 3 atom stereocenters. The standard InChI is InChI=1S/C18H24N2O5/c1-12(21)20-11-14(22)10-16(20)17(23)19-15(18(24)25)9-5-8-13-6-3-2-4-7-13/h2-4,6-7,14-16,22H,5,8-11H2,1H3,(H,19,23)(H,24,25)/t14-,15-,16+/m1/s1. The first-order valence-electron chi connectivity index (χ1n) is 8.41. The van der Waals surface area contributed by atoms with Crippen LogP contribution in [0.5, 0.6) is 0 Å². The van der Waals surface area contributed by atoms with Crippen molar-refractivity contribution in [1.82, 2.24) is 10.2 Å². The van der Waals surface area contributed by atoms with Crippen molar-refractivity contribution in [2.24, 2.45) is 0 Å². The van der Waals surface area contributed by atoms with Gasteiger partial charge in [-0.1, -0.05) is 30.3 Å². The zero-order valence-corrected chi connectivity index (χ0v) is 14.2. The lowest BCUT2D eigenvalue weighted by molar-refractivity contribution is -0.143. The fourth-order valence-corrected chi connectivity index (χ4v) is 3.09. The number of likely N-dealkylation sites (tertiary alicyclic amines) is 1. The van der Waals surface area contributed by atoms with E-state index in [-0.39, 0.29) is 18.9 Å². The molecule has 2 amide bonds. The van der Waals surface area contributed by atoms with Gasteiger partial charge in [-0.2, -0.15) is 0 Å². The summed E-state index contributed by atoms with van der Waals surface area (Å²) in [4.78, 5) is 36.7. The van der Waals surface area contributed by atoms with E-state index in [1.807, 2.05) is 30.3 Å². The molecule has 1 fully saturated rings. The number of carboxylic acids is 1. The number of hydrogen-bond acceptors (Lipinski definition) is 4. The van der Waals surface area contributed by atoms with Crippen LogP contribution in [-0.2, 0) is 20.8 Å². The van der Waals surface area contributed by atoms with Crippen molar-refractivity contribution in [3.05, 3.63) is 35.9 Å². The summed E-state index contributed by atoms with van der Waals surface area (Å²) in [6.07, 6.45) is 1.00. The molecule has 1 heterocycles. The summed E-state index contributed by atoms with van der Waals surface area (Å²) in [7, 11) is 0. The van der Waals surface area contributed by atoms with Gasteiger partial charge in [0.15, 0.2) is 0 Å². The molecule has 1 saturated heterocycles. The Bertz CT molecular complexity index is 619. The maximum Gasteiger partial charge on any atom is 0.326 e. The lowest BCUT2D eigenvalue weighted by Crippen LogP contribution is -2.50. The molecular formula is C18H24N2O5. The Labute approximate surface area is 146 Å². The highest BCUT2D eigenvalue weighted by Crippen LogP contribution is 2.18. The summed E-state index contributed by atoms with van der Waals surface area (Å²) < 4.78 is 0. The smallest absolute Gasteiger partial charge is 0.326 e. The Morgan fingerprint density at radius 3 is 2.56 bits per heavy atom.